The molecule has 2 N–H and O–H groups in total. The lowest BCUT2D eigenvalue weighted by Gasteiger charge is -2.14. The third-order valence-corrected chi connectivity index (χ3v) is 3.14. The molecule has 0 aliphatic rings. The van der Waals surface area contributed by atoms with E-state index in [0.717, 1.165) is 11.6 Å². The molecular formula is C16H16F3N3O. The molecule has 0 saturated carbocycles. The number of para-hydroxylation sites is 1. The summed E-state index contributed by atoms with van der Waals surface area (Å²) in [5, 5.41) is 5.36. The highest BCUT2D eigenvalue weighted by molar-refractivity contribution is 5.76. The number of hydrogen-bond acceptors (Lipinski definition) is 3. The van der Waals surface area contributed by atoms with Gasteiger partial charge in [-0.25, -0.2) is 0 Å². The summed E-state index contributed by atoms with van der Waals surface area (Å²) >= 11 is 0. The molecule has 4 nitrogen and oxygen atoms in total. The van der Waals surface area contributed by atoms with Crippen molar-refractivity contribution in [3.63, 3.8) is 0 Å². The first kappa shape index (κ1) is 16.8. The van der Waals surface area contributed by atoms with Crippen LogP contribution in [0.15, 0.2) is 48.8 Å². The van der Waals surface area contributed by atoms with E-state index < -0.39 is 11.7 Å². The Morgan fingerprint density at radius 1 is 1.09 bits per heavy atom. The molecule has 23 heavy (non-hydrogen) atoms. The van der Waals surface area contributed by atoms with Gasteiger partial charge in [0, 0.05) is 37.6 Å². The van der Waals surface area contributed by atoms with Crippen molar-refractivity contribution in [3.05, 3.63) is 59.9 Å². The second-order valence-corrected chi connectivity index (χ2v) is 4.85. The van der Waals surface area contributed by atoms with Crippen molar-refractivity contribution in [2.45, 2.75) is 19.1 Å². The molecule has 0 aliphatic heterocycles. The molecule has 0 radical (unpaired) electrons. The van der Waals surface area contributed by atoms with E-state index in [-0.39, 0.29) is 24.6 Å². The fourth-order valence-corrected chi connectivity index (χ4v) is 1.98. The maximum Gasteiger partial charge on any atom is 0.418 e. The zero-order chi connectivity index (χ0) is 16.7. The number of halogens is 3. The van der Waals surface area contributed by atoms with Gasteiger partial charge in [0.05, 0.1) is 5.56 Å². The van der Waals surface area contributed by atoms with Gasteiger partial charge >= 0.3 is 6.18 Å². The minimum Gasteiger partial charge on any atom is -0.384 e. The molecule has 0 saturated heterocycles. The van der Waals surface area contributed by atoms with Crippen LogP contribution in [0.5, 0.6) is 0 Å². The third-order valence-electron chi connectivity index (χ3n) is 3.14. The molecule has 122 valence electrons. The molecule has 0 atom stereocenters. The molecule has 0 fully saturated rings. The first-order valence-corrected chi connectivity index (χ1v) is 7.02. The van der Waals surface area contributed by atoms with E-state index in [4.69, 9.17) is 0 Å². The van der Waals surface area contributed by atoms with Crippen LogP contribution in [0, 0.1) is 0 Å². The summed E-state index contributed by atoms with van der Waals surface area (Å²) in [5.41, 5.74) is 0.142. The Morgan fingerprint density at radius 2 is 1.78 bits per heavy atom. The van der Waals surface area contributed by atoms with E-state index in [2.05, 4.69) is 15.6 Å². The average molecular weight is 323 g/mol. The molecule has 1 aromatic carbocycles. The highest BCUT2D eigenvalue weighted by Crippen LogP contribution is 2.34. The van der Waals surface area contributed by atoms with Crippen LogP contribution >= 0.6 is 0 Å². The summed E-state index contributed by atoms with van der Waals surface area (Å²) in [4.78, 5) is 15.6. The van der Waals surface area contributed by atoms with Crippen LogP contribution in [0.1, 0.15) is 17.5 Å². The van der Waals surface area contributed by atoms with Crippen molar-refractivity contribution in [2.75, 3.05) is 11.9 Å². The Kier molecular flexibility index (Phi) is 5.56. The predicted octanol–water partition coefficient (Wildman–Crippen LogP) is 3.22. The normalized spacial score (nSPS) is 11.1. The second kappa shape index (κ2) is 7.62. The molecule has 0 unspecified atom stereocenters. The molecule has 1 amide bonds. The maximum absolute atomic E-state index is 12.8. The largest absolute Gasteiger partial charge is 0.418 e. The van der Waals surface area contributed by atoms with Gasteiger partial charge in [-0.15, -0.1) is 0 Å². The highest BCUT2D eigenvalue weighted by atomic mass is 19.4. The Balaban J connectivity index is 1.80. The van der Waals surface area contributed by atoms with Gasteiger partial charge in [-0.2, -0.15) is 13.2 Å². The minimum atomic E-state index is -4.42. The van der Waals surface area contributed by atoms with Crippen LogP contribution in [0.4, 0.5) is 18.9 Å². The number of benzene rings is 1. The Morgan fingerprint density at radius 3 is 2.48 bits per heavy atom. The average Bonchev–Trinajstić information content (AvgIpc) is 2.53. The first-order chi connectivity index (χ1) is 11.0. The van der Waals surface area contributed by atoms with Gasteiger partial charge in [-0.3, -0.25) is 9.78 Å². The number of hydrogen-bond donors (Lipinski definition) is 2. The molecule has 1 heterocycles. The quantitative estimate of drug-likeness (QED) is 0.858. The van der Waals surface area contributed by atoms with E-state index in [0.29, 0.717) is 6.54 Å². The Hall–Kier alpha value is -2.57. The predicted molar refractivity (Wildman–Crippen MR) is 80.6 cm³/mol. The second-order valence-electron chi connectivity index (χ2n) is 4.85. The van der Waals surface area contributed by atoms with Crippen LogP contribution < -0.4 is 10.6 Å². The van der Waals surface area contributed by atoms with Gasteiger partial charge in [0.15, 0.2) is 0 Å². The molecular weight excluding hydrogens is 307 g/mol. The standard InChI is InChI=1S/C16H16F3N3O/c17-16(18,19)13-3-1-2-4-14(13)21-10-7-15(23)22-11-12-5-8-20-9-6-12/h1-6,8-9,21H,7,10-11H2,(H,22,23). The van der Waals surface area contributed by atoms with Gasteiger partial charge in [0.1, 0.15) is 0 Å². The molecule has 2 rings (SSSR count). The number of rotatable bonds is 6. The van der Waals surface area contributed by atoms with Gasteiger partial charge < -0.3 is 10.6 Å². The van der Waals surface area contributed by atoms with Crippen molar-refractivity contribution in [2.24, 2.45) is 0 Å². The highest BCUT2D eigenvalue weighted by Gasteiger charge is 2.32. The minimum absolute atomic E-state index is 0.0260. The van der Waals surface area contributed by atoms with Crippen molar-refractivity contribution in [1.82, 2.24) is 10.3 Å². The van der Waals surface area contributed by atoms with Crippen LogP contribution in [0.25, 0.3) is 0 Å². The van der Waals surface area contributed by atoms with Crippen molar-refractivity contribution >= 4 is 11.6 Å². The Bertz CT molecular complexity index is 645. The number of nitrogens with zero attached hydrogens (tertiary/aromatic N) is 1. The molecule has 0 bridgehead atoms. The van der Waals surface area contributed by atoms with Gasteiger partial charge in [-0.1, -0.05) is 12.1 Å². The fraction of sp³-hybridized carbons (Fsp3) is 0.250. The van der Waals surface area contributed by atoms with Crippen LogP contribution in [-0.4, -0.2) is 17.4 Å². The number of anilines is 1. The number of nitrogens with one attached hydrogen (secondary N) is 2. The number of alkyl halides is 3. The van der Waals surface area contributed by atoms with E-state index in [9.17, 15) is 18.0 Å². The zero-order valence-electron chi connectivity index (χ0n) is 12.2. The van der Waals surface area contributed by atoms with Gasteiger partial charge in [0.25, 0.3) is 0 Å². The third kappa shape index (κ3) is 5.28. The first-order valence-electron chi connectivity index (χ1n) is 7.02. The topological polar surface area (TPSA) is 54.0 Å². The molecule has 7 heteroatoms. The van der Waals surface area contributed by atoms with Crippen molar-refractivity contribution < 1.29 is 18.0 Å². The molecule has 2 aromatic rings. The smallest absolute Gasteiger partial charge is 0.384 e. The summed E-state index contributed by atoms with van der Waals surface area (Å²) in [6, 6.07) is 8.75. The lowest BCUT2D eigenvalue weighted by atomic mass is 10.1. The summed E-state index contributed by atoms with van der Waals surface area (Å²) in [5.74, 6) is -0.237. The van der Waals surface area contributed by atoms with Crippen molar-refractivity contribution in [1.29, 1.82) is 0 Å². The lowest BCUT2D eigenvalue weighted by molar-refractivity contribution is -0.137. The fourth-order valence-electron chi connectivity index (χ4n) is 1.98. The van der Waals surface area contributed by atoms with Crippen LogP contribution in [0.3, 0.4) is 0 Å². The van der Waals surface area contributed by atoms with E-state index >= 15 is 0 Å². The molecule has 1 aromatic heterocycles. The molecule has 0 aliphatic carbocycles. The summed E-state index contributed by atoms with van der Waals surface area (Å²) in [6.45, 7) is 0.482. The molecule has 0 spiro atoms. The number of amides is 1. The Labute approximate surface area is 131 Å². The van der Waals surface area contributed by atoms with E-state index in [1.54, 1.807) is 24.5 Å². The van der Waals surface area contributed by atoms with Gasteiger partial charge in [0.2, 0.25) is 5.91 Å². The van der Waals surface area contributed by atoms with Crippen LogP contribution in [0.2, 0.25) is 0 Å². The van der Waals surface area contributed by atoms with E-state index in [1.807, 2.05) is 0 Å². The van der Waals surface area contributed by atoms with Crippen molar-refractivity contribution in [3.8, 4) is 0 Å². The summed E-state index contributed by atoms with van der Waals surface area (Å²) < 4.78 is 38.5. The summed E-state index contributed by atoms with van der Waals surface area (Å²) in [7, 11) is 0. The number of carbonyl (C=O) groups excluding carboxylic acids is 1. The lowest BCUT2D eigenvalue weighted by Crippen LogP contribution is -2.25. The van der Waals surface area contributed by atoms with Crippen LogP contribution in [-0.2, 0) is 17.5 Å². The SMILES string of the molecule is O=C(CCNc1ccccc1C(F)(F)F)NCc1ccncc1. The number of pyridine rings is 1. The van der Waals surface area contributed by atoms with Gasteiger partial charge in [-0.05, 0) is 29.8 Å². The monoisotopic (exact) mass is 323 g/mol. The van der Waals surface area contributed by atoms with E-state index in [1.165, 1.54) is 18.2 Å². The maximum atomic E-state index is 12.8. The zero-order valence-corrected chi connectivity index (χ0v) is 12.2. The number of aromatic nitrogens is 1. The number of carbonyl (C=O) groups is 1. The summed E-state index contributed by atoms with van der Waals surface area (Å²) in [6.07, 6.45) is -1.10.